The van der Waals surface area contributed by atoms with E-state index in [1.165, 1.54) is 58.5 Å². The number of unbranched alkanes of at least 4 members (excludes halogenated alkanes) is 6. The van der Waals surface area contributed by atoms with Crippen molar-refractivity contribution >= 4 is 5.97 Å². The van der Waals surface area contributed by atoms with Crippen LogP contribution in [0.15, 0.2) is 12.2 Å². The first-order valence-electron chi connectivity index (χ1n) is 8.42. The van der Waals surface area contributed by atoms with Gasteiger partial charge in [-0.25, -0.2) is 0 Å². The van der Waals surface area contributed by atoms with Gasteiger partial charge in [0.25, 0.3) is 0 Å². The van der Waals surface area contributed by atoms with E-state index in [0.29, 0.717) is 6.42 Å². The van der Waals surface area contributed by atoms with Crippen molar-refractivity contribution in [2.24, 2.45) is 5.92 Å². The Morgan fingerprint density at radius 3 is 2.20 bits per heavy atom. The van der Waals surface area contributed by atoms with E-state index in [4.69, 9.17) is 0 Å². The summed E-state index contributed by atoms with van der Waals surface area (Å²) in [6.07, 6.45) is 17.6. The Morgan fingerprint density at radius 1 is 1.00 bits per heavy atom. The van der Waals surface area contributed by atoms with Crippen LogP contribution in [-0.4, -0.2) is 13.1 Å². The van der Waals surface area contributed by atoms with E-state index in [1.807, 2.05) is 0 Å². The van der Waals surface area contributed by atoms with E-state index in [9.17, 15) is 4.79 Å². The Balaban J connectivity index is 3.18. The summed E-state index contributed by atoms with van der Waals surface area (Å²) in [5.41, 5.74) is 0. The maximum absolute atomic E-state index is 10.9. The van der Waals surface area contributed by atoms with Gasteiger partial charge in [0.05, 0.1) is 7.11 Å². The average Bonchev–Trinajstić information content (AvgIpc) is 2.47. The largest absolute Gasteiger partial charge is 0.469 e. The smallest absolute Gasteiger partial charge is 0.305 e. The molecular weight excluding hydrogens is 248 g/mol. The molecule has 0 aliphatic carbocycles. The summed E-state index contributed by atoms with van der Waals surface area (Å²) in [6.45, 7) is 4.62. The Hall–Kier alpha value is -0.790. The van der Waals surface area contributed by atoms with Gasteiger partial charge in [0.2, 0.25) is 0 Å². The average molecular weight is 282 g/mol. The molecule has 0 spiro atoms. The molecule has 0 N–H and O–H groups in total. The van der Waals surface area contributed by atoms with Gasteiger partial charge in [0.15, 0.2) is 0 Å². The topological polar surface area (TPSA) is 26.3 Å². The highest BCUT2D eigenvalue weighted by Gasteiger charge is 1.98. The molecule has 0 saturated heterocycles. The summed E-state index contributed by atoms with van der Waals surface area (Å²) in [4.78, 5) is 10.9. The van der Waals surface area contributed by atoms with Gasteiger partial charge in [-0.1, -0.05) is 58.1 Å². The summed E-state index contributed by atoms with van der Waals surface area (Å²) in [5.74, 6) is 0.811. The summed E-state index contributed by atoms with van der Waals surface area (Å²) < 4.78 is 4.61. The Kier molecular flexibility index (Phi) is 14.0. The Labute approximate surface area is 126 Å². The molecule has 2 heteroatoms. The van der Waals surface area contributed by atoms with Gasteiger partial charge in [0.1, 0.15) is 0 Å². The molecule has 20 heavy (non-hydrogen) atoms. The van der Waals surface area contributed by atoms with E-state index >= 15 is 0 Å². The fraction of sp³-hybridized carbons (Fsp3) is 0.833. The lowest BCUT2D eigenvalue weighted by Gasteiger charge is -2.06. The molecule has 2 nitrogen and oxygen atoms in total. The standard InChI is InChI=1S/C18H34O2/c1-4-17(2)15-13-11-9-7-5-6-8-10-12-14-16-18(19)20-3/h5,7,17H,4,6,8-16H2,1-3H3/b7-5+/t17-/m0/s1. The zero-order valence-corrected chi connectivity index (χ0v) is 13.8. The van der Waals surface area contributed by atoms with E-state index in [2.05, 4.69) is 30.7 Å². The maximum Gasteiger partial charge on any atom is 0.305 e. The second-order valence-corrected chi connectivity index (χ2v) is 5.80. The number of allylic oxidation sites excluding steroid dienone is 2. The van der Waals surface area contributed by atoms with Gasteiger partial charge in [-0.2, -0.15) is 0 Å². The minimum Gasteiger partial charge on any atom is -0.469 e. The van der Waals surface area contributed by atoms with Crippen molar-refractivity contribution in [1.29, 1.82) is 0 Å². The molecule has 118 valence electrons. The van der Waals surface area contributed by atoms with Crippen molar-refractivity contribution in [2.75, 3.05) is 7.11 Å². The van der Waals surface area contributed by atoms with Crippen LogP contribution >= 0.6 is 0 Å². The highest BCUT2D eigenvalue weighted by Crippen LogP contribution is 2.12. The molecule has 0 aliphatic rings. The number of hydrogen-bond acceptors (Lipinski definition) is 2. The van der Waals surface area contributed by atoms with E-state index in [0.717, 1.165) is 18.8 Å². The minimum atomic E-state index is -0.0812. The fourth-order valence-corrected chi connectivity index (χ4v) is 2.18. The number of rotatable bonds is 13. The van der Waals surface area contributed by atoms with E-state index in [1.54, 1.807) is 0 Å². The highest BCUT2D eigenvalue weighted by atomic mass is 16.5. The normalized spacial score (nSPS) is 12.8. The van der Waals surface area contributed by atoms with Crippen LogP contribution in [0, 0.1) is 5.92 Å². The van der Waals surface area contributed by atoms with Gasteiger partial charge >= 0.3 is 5.97 Å². The zero-order chi connectivity index (χ0) is 15.1. The van der Waals surface area contributed by atoms with Crippen molar-refractivity contribution in [3.63, 3.8) is 0 Å². The zero-order valence-electron chi connectivity index (χ0n) is 13.8. The number of hydrogen-bond donors (Lipinski definition) is 0. The summed E-state index contributed by atoms with van der Waals surface area (Å²) >= 11 is 0. The predicted molar refractivity (Wildman–Crippen MR) is 86.8 cm³/mol. The SMILES string of the molecule is CC[C@H](C)CCCC/C=C/CCCCCCC(=O)OC. The highest BCUT2D eigenvalue weighted by molar-refractivity contribution is 5.68. The summed E-state index contributed by atoms with van der Waals surface area (Å²) in [6, 6.07) is 0. The third-order valence-corrected chi connectivity index (χ3v) is 3.91. The first-order chi connectivity index (χ1) is 9.70. The van der Waals surface area contributed by atoms with Crippen LogP contribution < -0.4 is 0 Å². The quantitative estimate of drug-likeness (QED) is 0.247. The number of methoxy groups -OCH3 is 1. The second-order valence-electron chi connectivity index (χ2n) is 5.80. The molecule has 0 amide bonds. The van der Waals surface area contributed by atoms with Crippen molar-refractivity contribution in [3.8, 4) is 0 Å². The predicted octanol–water partition coefficient (Wildman–Crippen LogP) is 5.66. The summed E-state index contributed by atoms with van der Waals surface area (Å²) in [5, 5.41) is 0. The first-order valence-corrected chi connectivity index (χ1v) is 8.42. The van der Waals surface area contributed by atoms with Crippen LogP contribution in [0.2, 0.25) is 0 Å². The molecule has 0 fully saturated rings. The van der Waals surface area contributed by atoms with Crippen LogP contribution in [0.25, 0.3) is 0 Å². The molecule has 0 aromatic rings. The molecule has 0 bridgehead atoms. The molecule has 0 saturated carbocycles. The molecule has 0 aromatic carbocycles. The third-order valence-electron chi connectivity index (χ3n) is 3.91. The van der Waals surface area contributed by atoms with Gasteiger partial charge in [-0.3, -0.25) is 4.79 Å². The van der Waals surface area contributed by atoms with Crippen LogP contribution in [0.4, 0.5) is 0 Å². The molecule has 0 unspecified atom stereocenters. The lowest BCUT2D eigenvalue weighted by Crippen LogP contribution is -1.98. The lowest BCUT2D eigenvalue weighted by molar-refractivity contribution is -0.140. The van der Waals surface area contributed by atoms with Gasteiger partial charge in [0, 0.05) is 6.42 Å². The molecular formula is C18H34O2. The van der Waals surface area contributed by atoms with Gasteiger partial charge < -0.3 is 4.74 Å². The number of carbonyl (C=O) groups is 1. The monoisotopic (exact) mass is 282 g/mol. The van der Waals surface area contributed by atoms with Crippen LogP contribution in [0.1, 0.15) is 84.5 Å². The minimum absolute atomic E-state index is 0.0812. The van der Waals surface area contributed by atoms with Gasteiger partial charge in [-0.05, 0) is 38.0 Å². The van der Waals surface area contributed by atoms with Crippen molar-refractivity contribution in [3.05, 3.63) is 12.2 Å². The van der Waals surface area contributed by atoms with Crippen molar-refractivity contribution < 1.29 is 9.53 Å². The number of carbonyl (C=O) groups excluding carboxylic acids is 1. The van der Waals surface area contributed by atoms with Crippen LogP contribution in [-0.2, 0) is 9.53 Å². The Bertz CT molecular complexity index is 246. The fourth-order valence-electron chi connectivity index (χ4n) is 2.18. The molecule has 0 radical (unpaired) electrons. The molecule has 0 aliphatic heterocycles. The Morgan fingerprint density at radius 2 is 1.60 bits per heavy atom. The molecule has 1 atom stereocenters. The first kappa shape index (κ1) is 19.2. The maximum atomic E-state index is 10.9. The lowest BCUT2D eigenvalue weighted by atomic mass is 10.0. The molecule has 0 rings (SSSR count). The second kappa shape index (κ2) is 14.6. The van der Waals surface area contributed by atoms with Crippen molar-refractivity contribution in [1.82, 2.24) is 0 Å². The van der Waals surface area contributed by atoms with Crippen LogP contribution in [0.5, 0.6) is 0 Å². The van der Waals surface area contributed by atoms with Crippen LogP contribution in [0.3, 0.4) is 0 Å². The molecule has 0 aromatic heterocycles. The van der Waals surface area contributed by atoms with E-state index < -0.39 is 0 Å². The van der Waals surface area contributed by atoms with E-state index in [-0.39, 0.29) is 5.97 Å². The van der Waals surface area contributed by atoms with Crippen molar-refractivity contribution in [2.45, 2.75) is 84.5 Å². The summed E-state index contributed by atoms with van der Waals surface area (Å²) in [7, 11) is 1.45. The third kappa shape index (κ3) is 13.6. The number of esters is 1. The van der Waals surface area contributed by atoms with Gasteiger partial charge in [-0.15, -0.1) is 0 Å². The molecule has 0 heterocycles. The number of ether oxygens (including phenoxy) is 1.